The fraction of sp³-hybridized carbons (Fsp3) is 0.538. The first kappa shape index (κ1) is 10.9. The molecule has 0 aromatic carbocycles. The minimum Gasteiger partial charge on any atom is -0.369 e. The second kappa shape index (κ2) is 4.13. The van der Waals surface area contributed by atoms with Crippen molar-refractivity contribution in [3.8, 4) is 6.07 Å². The Morgan fingerprint density at radius 3 is 2.81 bits per heavy atom. The van der Waals surface area contributed by atoms with Crippen LogP contribution in [0, 0.1) is 11.3 Å². The van der Waals surface area contributed by atoms with Gasteiger partial charge < -0.3 is 5.32 Å². The molecule has 0 unspecified atom stereocenters. The van der Waals surface area contributed by atoms with Gasteiger partial charge in [-0.3, -0.25) is 0 Å². The summed E-state index contributed by atoms with van der Waals surface area (Å²) in [7, 11) is 0. The van der Waals surface area contributed by atoms with Gasteiger partial charge in [-0.1, -0.05) is 13.8 Å². The summed E-state index contributed by atoms with van der Waals surface area (Å²) in [6, 6.07) is 6.05. The minimum atomic E-state index is 0.261. The molecule has 1 N–H and O–H groups in total. The van der Waals surface area contributed by atoms with Crippen LogP contribution >= 0.6 is 0 Å². The highest BCUT2D eigenvalue weighted by Crippen LogP contribution is 2.47. The minimum absolute atomic E-state index is 0.261. The van der Waals surface area contributed by atoms with Gasteiger partial charge in [0.2, 0.25) is 0 Å². The Balaban J connectivity index is 2.28. The molecule has 1 saturated carbocycles. The van der Waals surface area contributed by atoms with E-state index in [-0.39, 0.29) is 5.41 Å². The van der Waals surface area contributed by atoms with Crippen molar-refractivity contribution in [3.63, 3.8) is 0 Å². The van der Waals surface area contributed by atoms with E-state index in [1.165, 1.54) is 12.8 Å². The Morgan fingerprint density at radius 2 is 2.25 bits per heavy atom. The van der Waals surface area contributed by atoms with Crippen molar-refractivity contribution in [1.82, 2.24) is 4.98 Å². The average Bonchev–Trinajstić information content (AvgIpc) is 3.05. The summed E-state index contributed by atoms with van der Waals surface area (Å²) in [4.78, 5) is 4.58. The predicted molar refractivity (Wildman–Crippen MR) is 64.3 cm³/mol. The smallest absolute Gasteiger partial charge is 0.144 e. The lowest BCUT2D eigenvalue weighted by Crippen LogP contribution is -2.09. The monoisotopic (exact) mass is 215 g/mol. The normalized spacial score (nSPS) is 16.6. The van der Waals surface area contributed by atoms with Gasteiger partial charge >= 0.3 is 0 Å². The molecule has 1 heterocycles. The third-order valence-electron chi connectivity index (χ3n) is 3.18. The van der Waals surface area contributed by atoms with Crippen LogP contribution in [-0.4, -0.2) is 11.5 Å². The SMILES string of the molecule is CCCNc1nc(C2(C)CC2)ccc1C#N. The molecule has 0 bridgehead atoms. The molecule has 3 nitrogen and oxygen atoms in total. The standard InChI is InChI=1S/C13H17N3/c1-3-8-15-12-10(9-14)4-5-11(16-12)13(2)6-7-13/h4-5H,3,6-8H2,1-2H3,(H,15,16). The molecule has 0 radical (unpaired) electrons. The van der Waals surface area contributed by atoms with E-state index in [0.29, 0.717) is 5.56 Å². The topological polar surface area (TPSA) is 48.7 Å². The lowest BCUT2D eigenvalue weighted by atomic mass is 10.0. The number of rotatable bonds is 4. The van der Waals surface area contributed by atoms with Gasteiger partial charge in [-0.2, -0.15) is 5.26 Å². The van der Waals surface area contributed by atoms with Crippen molar-refractivity contribution in [3.05, 3.63) is 23.4 Å². The van der Waals surface area contributed by atoms with Gasteiger partial charge in [0, 0.05) is 17.7 Å². The number of pyridine rings is 1. The van der Waals surface area contributed by atoms with Crippen molar-refractivity contribution >= 4 is 5.82 Å². The molecule has 1 aromatic heterocycles. The van der Waals surface area contributed by atoms with E-state index >= 15 is 0 Å². The van der Waals surface area contributed by atoms with Crippen LogP contribution in [-0.2, 0) is 5.41 Å². The molecular weight excluding hydrogens is 198 g/mol. The molecule has 1 aliphatic carbocycles. The van der Waals surface area contributed by atoms with Gasteiger partial charge in [-0.15, -0.1) is 0 Å². The van der Waals surface area contributed by atoms with Crippen LogP contribution in [0.25, 0.3) is 0 Å². The number of aromatic nitrogens is 1. The molecule has 0 aliphatic heterocycles. The van der Waals surface area contributed by atoms with Crippen molar-refractivity contribution < 1.29 is 0 Å². The van der Waals surface area contributed by atoms with E-state index in [4.69, 9.17) is 5.26 Å². The molecule has 16 heavy (non-hydrogen) atoms. The van der Waals surface area contributed by atoms with E-state index < -0.39 is 0 Å². The molecule has 0 saturated heterocycles. The molecular formula is C13H17N3. The fourth-order valence-electron chi connectivity index (χ4n) is 1.71. The number of hydrogen-bond donors (Lipinski definition) is 1. The summed E-state index contributed by atoms with van der Waals surface area (Å²) in [5, 5.41) is 12.2. The van der Waals surface area contributed by atoms with E-state index in [9.17, 15) is 0 Å². The molecule has 1 fully saturated rings. The van der Waals surface area contributed by atoms with Crippen LogP contribution in [0.5, 0.6) is 0 Å². The first-order valence-corrected chi connectivity index (χ1v) is 5.85. The zero-order valence-corrected chi connectivity index (χ0v) is 9.88. The quantitative estimate of drug-likeness (QED) is 0.840. The van der Waals surface area contributed by atoms with Crippen LogP contribution in [0.2, 0.25) is 0 Å². The third kappa shape index (κ3) is 2.01. The van der Waals surface area contributed by atoms with Gasteiger partial charge in [0.05, 0.1) is 5.56 Å². The Hall–Kier alpha value is -1.56. The van der Waals surface area contributed by atoms with Gasteiger partial charge in [-0.05, 0) is 31.4 Å². The predicted octanol–water partition coefficient (Wildman–Crippen LogP) is 2.83. The Bertz CT molecular complexity index is 427. The highest BCUT2D eigenvalue weighted by Gasteiger charge is 2.40. The van der Waals surface area contributed by atoms with E-state index in [1.54, 1.807) is 0 Å². The molecule has 0 spiro atoms. The highest BCUT2D eigenvalue weighted by molar-refractivity contribution is 5.53. The fourth-order valence-corrected chi connectivity index (χ4v) is 1.71. The van der Waals surface area contributed by atoms with Crippen LogP contribution in [0.3, 0.4) is 0 Å². The number of nitrogens with one attached hydrogen (secondary N) is 1. The summed E-state index contributed by atoms with van der Waals surface area (Å²) < 4.78 is 0. The summed E-state index contributed by atoms with van der Waals surface area (Å²) in [5.41, 5.74) is 2.02. The Kier molecular flexibility index (Phi) is 2.82. The first-order chi connectivity index (χ1) is 7.69. The van der Waals surface area contributed by atoms with E-state index in [2.05, 4.69) is 30.2 Å². The van der Waals surface area contributed by atoms with Crippen molar-refractivity contribution in [1.29, 1.82) is 5.26 Å². The highest BCUT2D eigenvalue weighted by atomic mass is 15.0. The maximum atomic E-state index is 9.00. The zero-order valence-electron chi connectivity index (χ0n) is 9.88. The summed E-state index contributed by atoms with van der Waals surface area (Å²) >= 11 is 0. The van der Waals surface area contributed by atoms with E-state index in [0.717, 1.165) is 24.5 Å². The maximum absolute atomic E-state index is 9.00. The zero-order chi connectivity index (χ0) is 11.6. The van der Waals surface area contributed by atoms with Crippen LogP contribution in [0.1, 0.15) is 44.4 Å². The maximum Gasteiger partial charge on any atom is 0.144 e. The van der Waals surface area contributed by atoms with Gasteiger partial charge in [0.15, 0.2) is 0 Å². The Labute approximate surface area is 96.5 Å². The Morgan fingerprint density at radius 1 is 1.50 bits per heavy atom. The number of anilines is 1. The number of hydrogen-bond acceptors (Lipinski definition) is 3. The molecule has 3 heteroatoms. The van der Waals surface area contributed by atoms with Gasteiger partial charge in [0.1, 0.15) is 11.9 Å². The third-order valence-corrected chi connectivity index (χ3v) is 3.18. The number of nitrogens with zero attached hydrogens (tertiary/aromatic N) is 2. The largest absolute Gasteiger partial charge is 0.369 e. The second-order valence-electron chi connectivity index (χ2n) is 4.69. The second-order valence-corrected chi connectivity index (χ2v) is 4.69. The molecule has 84 valence electrons. The van der Waals surface area contributed by atoms with Crippen LogP contribution in [0.4, 0.5) is 5.82 Å². The van der Waals surface area contributed by atoms with Crippen molar-refractivity contribution in [2.45, 2.75) is 38.5 Å². The van der Waals surface area contributed by atoms with Crippen LogP contribution in [0.15, 0.2) is 12.1 Å². The van der Waals surface area contributed by atoms with Crippen LogP contribution < -0.4 is 5.32 Å². The molecule has 0 amide bonds. The molecule has 1 aromatic rings. The first-order valence-electron chi connectivity index (χ1n) is 5.85. The molecule has 0 atom stereocenters. The lowest BCUT2D eigenvalue weighted by molar-refractivity contribution is 0.749. The van der Waals surface area contributed by atoms with Gasteiger partial charge in [0.25, 0.3) is 0 Å². The number of nitriles is 1. The summed E-state index contributed by atoms with van der Waals surface area (Å²) in [6.07, 6.45) is 3.45. The summed E-state index contributed by atoms with van der Waals surface area (Å²) in [5.74, 6) is 0.745. The van der Waals surface area contributed by atoms with Crippen molar-refractivity contribution in [2.24, 2.45) is 0 Å². The summed E-state index contributed by atoms with van der Waals surface area (Å²) in [6.45, 7) is 5.19. The molecule has 1 aliphatic rings. The molecule has 2 rings (SSSR count). The lowest BCUT2D eigenvalue weighted by Gasteiger charge is -2.12. The van der Waals surface area contributed by atoms with Gasteiger partial charge in [-0.25, -0.2) is 4.98 Å². The van der Waals surface area contributed by atoms with Crippen molar-refractivity contribution in [2.75, 3.05) is 11.9 Å². The average molecular weight is 215 g/mol. The van der Waals surface area contributed by atoms with E-state index in [1.807, 2.05) is 12.1 Å².